The number of benzene rings is 2. The van der Waals surface area contributed by atoms with Crippen molar-refractivity contribution in [1.29, 1.82) is 0 Å². The second-order valence-corrected chi connectivity index (χ2v) is 6.50. The highest BCUT2D eigenvalue weighted by atomic mass is 16.4. The van der Waals surface area contributed by atoms with Crippen LogP contribution in [0.4, 0.5) is 5.69 Å². The first-order valence-electron chi connectivity index (χ1n) is 8.00. The number of anilines is 1. The van der Waals surface area contributed by atoms with Gasteiger partial charge in [0.15, 0.2) is 0 Å². The van der Waals surface area contributed by atoms with E-state index in [4.69, 9.17) is 0 Å². The van der Waals surface area contributed by atoms with Crippen LogP contribution in [0.3, 0.4) is 0 Å². The zero-order chi connectivity index (χ0) is 16.0. The summed E-state index contributed by atoms with van der Waals surface area (Å²) >= 11 is 0. The minimum absolute atomic E-state index is 0.262. The Morgan fingerprint density at radius 1 is 1.22 bits per heavy atom. The van der Waals surface area contributed by atoms with Gasteiger partial charge < -0.3 is 10.4 Å². The maximum absolute atomic E-state index is 11.3. The average molecular weight is 305 g/mol. The van der Waals surface area contributed by atoms with Crippen molar-refractivity contribution in [1.82, 2.24) is 0 Å². The molecular weight excluding hydrogens is 286 g/mol. The fourth-order valence-electron chi connectivity index (χ4n) is 3.92. The van der Waals surface area contributed by atoms with Crippen molar-refractivity contribution in [2.24, 2.45) is 5.92 Å². The number of carbonyl (C=O) groups is 1. The standard InChI is InChI=1S/C20H19NO2/c1-12-4-2-5-13(10-12)19-16-7-3-6-15(16)17-11-14(20(22)23)8-9-18(17)21-19/h2-6,8-11,15-16,19,21H,7H2,1H3,(H,22,23)/t15-,16+,19+/m1/s1. The van der Waals surface area contributed by atoms with Gasteiger partial charge in [-0.2, -0.15) is 0 Å². The molecular formula is C20H19NO2. The molecule has 0 unspecified atom stereocenters. The molecule has 2 aliphatic rings. The highest BCUT2D eigenvalue weighted by Crippen LogP contribution is 2.49. The number of aryl methyl sites for hydroxylation is 1. The van der Waals surface area contributed by atoms with E-state index in [-0.39, 0.29) is 12.0 Å². The Balaban J connectivity index is 1.79. The molecule has 0 fully saturated rings. The maximum Gasteiger partial charge on any atom is 0.335 e. The lowest BCUT2D eigenvalue weighted by Gasteiger charge is -2.37. The van der Waals surface area contributed by atoms with Gasteiger partial charge >= 0.3 is 5.97 Å². The minimum atomic E-state index is -0.868. The lowest BCUT2D eigenvalue weighted by Crippen LogP contribution is -2.29. The molecule has 4 rings (SSSR count). The predicted molar refractivity (Wildman–Crippen MR) is 90.9 cm³/mol. The van der Waals surface area contributed by atoms with E-state index in [1.54, 1.807) is 6.07 Å². The number of carboxylic acids is 1. The quantitative estimate of drug-likeness (QED) is 0.802. The summed E-state index contributed by atoms with van der Waals surface area (Å²) in [4.78, 5) is 11.3. The molecule has 2 N–H and O–H groups in total. The SMILES string of the molecule is Cc1cccc([C@@H]2Nc3ccc(C(=O)O)cc3[C@@H]3C=CC[C@@H]32)c1. The van der Waals surface area contributed by atoms with Crippen LogP contribution in [0.15, 0.2) is 54.6 Å². The van der Waals surface area contributed by atoms with Crippen LogP contribution in [-0.4, -0.2) is 11.1 Å². The Kier molecular flexibility index (Phi) is 3.22. The van der Waals surface area contributed by atoms with Crippen LogP contribution in [0, 0.1) is 12.8 Å². The molecule has 116 valence electrons. The first kappa shape index (κ1) is 14.1. The van der Waals surface area contributed by atoms with Crippen molar-refractivity contribution in [2.75, 3.05) is 5.32 Å². The lowest BCUT2D eigenvalue weighted by molar-refractivity contribution is 0.0696. The van der Waals surface area contributed by atoms with Crippen molar-refractivity contribution in [3.8, 4) is 0 Å². The summed E-state index contributed by atoms with van der Waals surface area (Å²) < 4.78 is 0. The Bertz CT molecular complexity index is 809. The van der Waals surface area contributed by atoms with E-state index >= 15 is 0 Å². The second-order valence-electron chi connectivity index (χ2n) is 6.50. The third kappa shape index (κ3) is 2.33. The molecule has 0 spiro atoms. The van der Waals surface area contributed by atoms with Crippen LogP contribution < -0.4 is 5.32 Å². The fraction of sp³-hybridized carbons (Fsp3) is 0.250. The molecule has 1 heterocycles. The topological polar surface area (TPSA) is 49.3 Å². The molecule has 0 saturated carbocycles. The van der Waals surface area contributed by atoms with Crippen molar-refractivity contribution >= 4 is 11.7 Å². The van der Waals surface area contributed by atoms with E-state index in [9.17, 15) is 9.90 Å². The van der Waals surface area contributed by atoms with Gasteiger partial charge in [-0.15, -0.1) is 0 Å². The molecule has 0 aromatic heterocycles. The fourth-order valence-corrected chi connectivity index (χ4v) is 3.92. The van der Waals surface area contributed by atoms with Gasteiger partial charge in [0.2, 0.25) is 0 Å². The summed E-state index contributed by atoms with van der Waals surface area (Å²) in [7, 11) is 0. The molecule has 0 saturated heterocycles. The van der Waals surface area contributed by atoms with Crippen molar-refractivity contribution < 1.29 is 9.90 Å². The molecule has 0 radical (unpaired) electrons. The number of aromatic carboxylic acids is 1. The smallest absolute Gasteiger partial charge is 0.335 e. The van der Waals surface area contributed by atoms with E-state index in [2.05, 4.69) is 48.7 Å². The summed E-state index contributed by atoms with van der Waals surface area (Å²) in [6.07, 6.45) is 5.48. The molecule has 1 aliphatic carbocycles. The monoisotopic (exact) mass is 305 g/mol. The van der Waals surface area contributed by atoms with Crippen LogP contribution in [0.1, 0.15) is 45.4 Å². The Hall–Kier alpha value is -2.55. The minimum Gasteiger partial charge on any atom is -0.478 e. The number of rotatable bonds is 2. The van der Waals surface area contributed by atoms with E-state index in [1.807, 2.05) is 12.1 Å². The Morgan fingerprint density at radius 2 is 2.09 bits per heavy atom. The number of fused-ring (bicyclic) bond motifs is 3. The average Bonchev–Trinajstić information content (AvgIpc) is 3.03. The van der Waals surface area contributed by atoms with Crippen LogP contribution >= 0.6 is 0 Å². The van der Waals surface area contributed by atoms with Gasteiger partial charge in [0.25, 0.3) is 0 Å². The van der Waals surface area contributed by atoms with Gasteiger partial charge in [0.05, 0.1) is 11.6 Å². The molecule has 3 nitrogen and oxygen atoms in total. The highest BCUT2D eigenvalue weighted by Gasteiger charge is 2.38. The zero-order valence-corrected chi connectivity index (χ0v) is 13.0. The van der Waals surface area contributed by atoms with Crippen molar-refractivity contribution in [3.63, 3.8) is 0 Å². The number of carboxylic acid groups (broad SMARTS) is 1. The molecule has 3 atom stereocenters. The molecule has 2 aromatic carbocycles. The van der Waals surface area contributed by atoms with Crippen molar-refractivity contribution in [3.05, 3.63) is 76.9 Å². The zero-order valence-electron chi connectivity index (χ0n) is 13.0. The molecule has 2 aromatic rings. The second kappa shape index (κ2) is 5.27. The number of hydrogen-bond donors (Lipinski definition) is 2. The van der Waals surface area contributed by atoms with Gasteiger partial charge in [-0.1, -0.05) is 42.0 Å². The van der Waals surface area contributed by atoms with E-state index < -0.39 is 5.97 Å². The molecule has 3 heteroatoms. The number of allylic oxidation sites excluding steroid dienone is 2. The summed E-state index contributed by atoms with van der Waals surface area (Å²) in [5, 5.41) is 12.9. The van der Waals surface area contributed by atoms with Crippen molar-refractivity contribution in [2.45, 2.75) is 25.3 Å². The van der Waals surface area contributed by atoms with Crippen LogP contribution in [0.5, 0.6) is 0 Å². The largest absolute Gasteiger partial charge is 0.478 e. The van der Waals surface area contributed by atoms with Gasteiger partial charge in [0.1, 0.15) is 0 Å². The van der Waals surface area contributed by atoms with Gasteiger partial charge in [-0.05, 0) is 48.6 Å². The van der Waals surface area contributed by atoms with Crippen LogP contribution in [-0.2, 0) is 0 Å². The summed E-state index contributed by atoms with van der Waals surface area (Å²) in [6, 6.07) is 14.3. The summed E-state index contributed by atoms with van der Waals surface area (Å²) in [5.74, 6) is -0.142. The normalized spacial score (nSPS) is 24.7. The number of nitrogens with one attached hydrogen (secondary N) is 1. The van der Waals surface area contributed by atoms with Gasteiger partial charge in [-0.3, -0.25) is 0 Å². The third-order valence-corrected chi connectivity index (χ3v) is 5.01. The Labute approximate surface area is 135 Å². The number of hydrogen-bond acceptors (Lipinski definition) is 2. The van der Waals surface area contributed by atoms with Crippen LogP contribution in [0.25, 0.3) is 0 Å². The summed E-state index contributed by atoms with van der Waals surface area (Å²) in [6.45, 7) is 2.11. The van der Waals surface area contributed by atoms with Crippen LogP contribution in [0.2, 0.25) is 0 Å². The van der Waals surface area contributed by atoms with E-state index in [0.717, 1.165) is 17.7 Å². The predicted octanol–water partition coefficient (Wildman–Crippen LogP) is 4.52. The molecule has 0 amide bonds. The molecule has 0 bridgehead atoms. The molecule has 1 aliphatic heterocycles. The highest BCUT2D eigenvalue weighted by molar-refractivity contribution is 5.89. The van der Waals surface area contributed by atoms with Gasteiger partial charge in [0, 0.05) is 11.6 Å². The first-order chi connectivity index (χ1) is 11.1. The van der Waals surface area contributed by atoms with Gasteiger partial charge in [-0.25, -0.2) is 4.79 Å². The first-order valence-corrected chi connectivity index (χ1v) is 8.00. The summed E-state index contributed by atoms with van der Waals surface area (Å²) in [5.41, 5.74) is 5.08. The molecule has 23 heavy (non-hydrogen) atoms. The van der Waals surface area contributed by atoms with E-state index in [0.29, 0.717) is 11.5 Å². The maximum atomic E-state index is 11.3. The lowest BCUT2D eigenvalue weighted by atomic mass is 9.76. The van der Waals surface area contributed by atoms with E-state index in [1.165, 1.54) is 11.1 Å². The third-order valence-electron chi connectivity index (χ3n) is 5.01. The Morgan fingerprint density at radius 3 is 2.87 bits per heavy atom.